The number of nitrogens with one attached hydrogen (secondary N) is 1. The van der Waals surface area contributed by atoms with Crippen LogP contribution in [0.4, 0.5) is 0 Å². The van der Waals surface area contributed by atoms with Crippen molar-refractivity contribution in [2.24, 2.45) is 5.92 Å². The Hall–Kier alpha value is -1.42. The lowest BCUT2D eigenvalue weighted by molar-refractivity contribution is 0.322. The molecule has 0 amide bonds. The maximum absolute atomic E-state index is 5.42. The number of ether oxygens (including phenoxy) is 3. The SMILES string of the molecule is COc1cc(C(C)NC(C)CC2CC2)cc(OC)c1OC. The molecule has 1 fully saturated rings. The van der Waals surface area contributed by atoms with E-state index in [0.29, 0.717) is 23.3 Å². The van der Waals surface area contributed by atoms with Crippen LogP contribution < -0.4 is 19.5 Å². The first-order valence-electron chi connectivity index (χ1n) is 7.65. The Kier molecular flexibility index (Phi) is 5.34. The molecule has 2 atom stereocenters. The Bertz CT molecular complexity index is 446. The van der Waals surface area contributed by atoms with Crippen molar-refractivity contribution in [2.45, 2.75) is 45.2 Å². The van der Waals surface area contributed by atoms with Gasteiger partial charge in [-0.1, -0.05) is 12.8 Å². The van der Waals surface area contributed by atoms with Crippen LogP contribution in [0.1, 0.15) is 44.7 Å². The quantitative estimate of drug-likeness (QED) is 0.795. The molecule has 0 bridgehead atoms. The van der Waals surface area contributed by atoms with E-state index in [0.717, 1.165) is 11.5 Å². The highest BCUT2D eigenvalue weighted by molar-refractivity contribution is 5.54. The molecule has 0 saturated heterocycles. The van der Waals surface area contributed by atoms with Crippen LogP contribution in [0.15, 0.2) is 12.1 Å². The van der Waals surface area contributed by atoms with Gasteiger partial charge < -0.3 is 19.5 Å². The fourth-order valence-corrected chi connectivity index (χ4v) is 2.80. The fourth-order valence-electron chi connectivity index (χ4n) is 2.80. The highest BCUT2D eigenvalue weighted by atomic mass is 16.5. The second-order valence-electron chi connectivity index (χ2n) is 5.93. The average Bonchev–Trinajstić information content (AvgIpc) is 3.29. The van der Waals surface area contributed by atoms with Gasteiger partial charge in [-0.3, -0.25) is 0 Å². The van der Waals surface area contributed by atoms with Crippen molar-refractivity contribution in [3.8, 4) is 17.2 Å². The summed E-state index contributed by atoms with van der Waals surface area (Å²) in [6, 6.07) is 4.80. The Balaban J connectivity index is 2.13. The van der Waals surface area contributed by atoms with Crippen molar-refractivity contribution in [3.05, 3.63) is 17.7 Å². The van der Waals surface area contributed by atoms with Crippen LogP contribution in [0.2, 0.25) is 0 Å². The van der Waals surface area contributed by atoms with Gasteiger partial charge in [-0.25, -0.2) is 0 Å². The molecule has 2 rings (SSSR count). The van der Waals surface area contributed by atoms with Gasteiger partial charge in [0.25, 0.3) is 0 Å². The van der Waals surface area contributed by atoms with Crippen LogP contribution in [0.25, 0.3) is 0 Å². The predicted octanol–water partition coefficient (Wildman–Crippen LogP) is 3.55. The highest BCUT2D eigenvalue weighted by Gasteiger charge is 2.24. The van der Waals surface area contributed by atoms with Crippen molar-refractivity contribution in [1.29, 1.82) is 0 Å². The molecule has 4 heteroatoms. The average molecular weight is 293 g/mol. The largest absolute Gasteiger partial charge is 0.493 e. The molecular weight excluding hydrogens is 266 g/mol. The van der Waals surface area contributed by atoms with Gasteiger partial charge in [-0.2, -0.15) is 0 Å². The summed E-state index contributed by atoms with van der Waals surface area (Å²) >= 11 is 0. The summed E-state index contributed by atoms with van der Waals surface area (Å²) in [7, 11) is 4.92. The van der Waals surface area contributed by atoms with Crippen LogP contribution in [0, 0.1) is 5.92 Å². The number of hydrogen-bond donors (Lipinski definition) is 1. The number of benzene rings is 1. The number of methoxy groups -OCH3 is 3. The Labute approximate surface area is 127 Å². The predicted molar refractivity (Wildman–Crippen MR) is 84.5 cm³/mol. The summed E-state index contributed by atoms with van der Waals surface area (Å²) in [5.74, 6) is 2.98. The van der Waals surface area contributed by atoms with Gasteiger partial charge in [-0.05, 0) is 43.9 Å². The molecule has 0 heterocycles. The fraction of sp³-hybridized carbons (Fsp3) is 0.647. The van der Waals surface area contributed by atoms with Gasteiger partial charge in [0, 0.05) is 12.1 Å². The molecule has 1 saturated carbocycles. The van der Waals surface area contributed by atoms with Crippen LogP contribution in [-0.4, -0.2) is 27.4 Å². The maximum atomic E-state index is 5.42. The second kappa shape index (κ2) is 7.03. The van der Waals surface area contributed by atoms with E-state index in [1.165, 1.54) is 19.3 Å². The number of hydrogen-bond acceptors (Lipinski definition) is 4. The van der Waals surface area contributed by atoms with Crippen LogP contribution in [-0.2, 0) is 0 Å². The van der Waals surface area contributed by atoms with Crippen LogP contribution in [0.3, 0.4) is 0 Å². The van der Waals surface area contributed by atoms with Crippen molar-refractivity contribution in [3.63, 3.8) is 0 Å². The number of rotatable bonds is 8. The van der Waals surface area contributed by atoms with E-state index in [1.807, 2.05) is 12.1 Å². The van der Waals surface area contributed by atoms with Crippen molar-refractivity contribution >= 4 is 0 Å². The van der Waals surface area contributed by atoms with E-state index >= 15 is 0 Å². The second-order valence-corrected chi connectivity index (χ2v) is 5.93. The van der Waals surface area contributed by atoms with Crippen molar-refractivity contribution < 1.29 is 14.2 Å². The van der Waals surface area contributed by atoms with E-state index in [-0.39, 0.29) is 6.04 Å². The molecule has 1 N–H and O–H groups in total. The molecule has 118 valence electrons. The molecule has 1 aliphatic carbocycles. The van der Waals surface area contributed by atoms with E-state index < -0.39 is 0 Å². The zero-order valence-corrected chi connectivity index (χ0v) is 13.7. The lowest BCUT2D eigenvalue weighted by Gasteiger charge is -2.22. The Morgan fingerprint density at radius 1 is 1.05 bits per heavy atom. The lowest BCUT2D eigenvalue weighted by atomic mass is 10.0. The smallest absolute Gasteiger partial charge is 0.203 e. The summed E-state index contributed by atoms with van der Waals surface area (Å²) in [6.07, 6.45) is 4.05. The zero-order chi connectivity index (χ0) is 15.4. The van der Waals surface area contributed by atoms with Crippen LogP contribution in [0.5, 0.6) is 17.2 Å². The molecule has 21 heavy (non-hydrogen) atoms. The molecule has 1 aliphatic rings. The van der Waals surface area contributed by atoms with Crippen LogP contribution >= 0.6 is 0 Å². The minimum absolute atomic E-state index is 0.243. The van der Waals surface area contributed by atoms with Crippen molar-refractivity contribution in [2.75, 3.05) is 21.3 Å². The molecular formula is C17H27NO3. The zero-order valence-electron chi connectivity index (χ0n) is 13.7. The molecule has 0 aliphatic heterocycles. The highest BCUT2D eigenvalue weighted by Crippen LogP contribution is 2.40. The molecule has 1 aromatic rings. The topological polar surface area (TPSA) is 39.7 Å². The molecule has 1 aromatic carbocycles. The first-order valence-corrected chi connectivity index (χ1v) is 7.65. The summed E-state index contributed by atoms with van der Waals surface area (Å²) < 4.78 is 16.2. The molecule has 2 unspecified atom stereocenters. The summed E-state index contributed by atoms with van der Waals surface area (Å²) in [4.78, 5) is 0. The van der Waals surface area contributed by atoms with E-state index in [9.17, 15) is 0 Å². The third-order valence-electron chi connectivity index (χ3n) is 4.11. The first-order chi connectivity index (χ1) is 10.1. The van der Waals surface area contributed by atoms with E-state index in [2.05, 4.69) is 19.2 Å². The first kappa shape index (κ1) is 16.0. The third kappa shape index (κ3) is 4.03. The molecule has 0 spiro atoms. The van der Waals surface area contributed by atoms with E-state index in [4.69, 9.17) is 14.2 Å². The van der Waals surface area contributed by atoms with Gasteiger partial charge in [0.05, 0.1) is 21.3 Å². The third-order valence-corrected chi connectivity index (χ3v) is 4.11. The van der Waals surface area contributed by atoms with E-state index in [1.54, 1.807) is 21.3 Å². The van der Waals surface area contributed by atoms with Gasteiger partial charge >= 0.3 is 0 Å². The van der Waals surface area contributed by atoms with Gasteiger partial charge in [0.2, 0.25) is 5.75 Å². The molecule has 4 nitrogen and oxygen atoms in total. The van der Waals surface area contributed by atoms with Crippen molar-refractivity contribution in [1.82, 2.24) is 5.32 Å². The standard InChI is InChI=1S/C17H27NO3/c1-11(8-13-6-7-13)18-12(2)14-9-15(19-3)17(21-5)16(10-14)20-4/h9-13,18H,6-8H2,1-5H3. The maximum Gasteiger partial charge on any atom is 0.203 e. The molecule has 0 aromatic heterocycles. The summed E-state index contributed by atoms with van der Waals surface area (Å²) in [5, 5.41) is 3.66. The minimum Gasteiger partial charge on any atom is -0.493 e. The molecule has 0 radical (unpaired) electrons. The summed E-state index contributed by atoms with van der Waals surface area (Å²) in [6.45, 7) is 4.43. The summed E-state index contributed by atoms with van der Waals surface area (Å²) in [5.41, 5.74) is 1.15. The normalized spacial score (nSPS) is 17.2. The van der Waals surface area contributed by atoms with Gasteiger partial charge in [0.15, 0.2) is 11.5 Å². The Morgan fingerprint density at radius 3 is 2.05 bits per heavy atom. The minimum atomic E-state index is 0.243. The van der Waals surface area contributed by atoms with Gasteiger partial charge in [-0.15, -0.1) is 0 Å². The monoisotopic (exact) mass is 293 g/mol. The Morgan fingerprint density at radius 2 is 1.62 bits per heavy atom. The lowest BCUT2D eigenvalue weighted by Crippen LogP contribution is -2.29. The van der Waals surface area contributed by atoms with Gasteiger partial charge in [0.1, 0.15) is 0 Å².